The van der Waals surface area contributed by atoms with Crippen molar-refractivity contribution in [2.24, 2.45) is 0 Å². The van der Waals surface area contributed by atoms with Crippen molar-refractivity contribution in [3.63, 3.8) is 0 Å². The van der Waals surface area contributed by atoms with Gasteiger partial charge in [-0.1, -0.05) is 0 Å². The Morgan fingerprint density at radius 1 is 1.12 bits per heavy atom. The molecule has 0 atom stereocenters. The molecule has 0 radical (unpaired) electrons. The van der Waals surface area contributed by atoms with Gasteiger partial charge in [0.05, 0.1) is 0 Å². The van der Waals surface area contributed by atoms with Crippen molar-refractivity contribution in [3.8, 4) is 11.5 Å². The first-order valence-electron chi connectivity index (χ1n) is 4.86. The molecular formula is C11H10N2O4. The number of esters is 2. The fraction of sp³-hybridized carbons (Fsp3) is 0.182. The normalized spacial score (nSPS) is 16.1. The van der Waals surface area contributed by atoms with Crippen LogP contribution in [0.4, 0.5) is 5.82 Å². The van der Waals surface area contributed by atoms with E-state index in [1.54, 1.807) is 19.0 Å². The van der Waals surface area contributed by atoms with E-state index in [0.29, 0.717) is 5.82 Å². The van der Waals surface area contributed by atoms with Gasteiger partial charge in [0, 0.05) is 38.5 Å². The zero-order valence-electron chi connectivity index (χ0n) is 9.34. The Morgan fingerprint density at radius 3 is 2.41 bits per heavy atom. The van der Waals surface area contributed by atoms with Gasteiger partial charge < -0.3 is 14.4 Å². The molecule has 0 bridgehead atoms. The Bertz CT molecular complexity index is 508. The van der Waals surface area contributed by atoms with E-state index in [1.807, 2.05) is 0 Å². The van der Waals surface area contributed by atoms with E-state index in [4.69, 9.17) is 9.47 Å². The molecule has 0 fully saturated rings. The van der Waals surface area contributed by atoms with Gasteiger partial charge in [0.25, 0.3) is 0 Å². The Hall–Kier alpha value is -2.37. The molecule has 0 amide bonds. The van der Waals surface area contributed by atoms with Crippen LogP contribution >= 0.6 is 0 Å². The van der Waals surface area contributed by atoms with Crippen molar-refractivity contribution < 1.29 is 19.1 Å². The molecule has 0 saturated carbocycles. The minimum absolute atomic E-state index is 0.139. The summed E-state index contributed by atoms with van der Waals surface area (Å²) in [6, 6.07) is 1.46. The summed E-state index contributed by atoms with van der Waals surface area (Å²) >= 11 is 0. The van der Waals surface area contributed by atoms with Crippen LogP contribution in [0.5, 0.6) is 11.5 Å². The molecule has 0 spiro atoms. The number of hydrogen-bond acceptors (Lipinski definition) is 6. The first-order valence-corrected chi connectivity index (χ1v) is 4.86. The standard InChI is InChI=1S/C11H10N2O4/c1-13(2)11-10-7(5-6-12-11)16-8(14)3-4-9(15)17-10/h3-6H,1-2H3/b4-3-. The fourth-order valence-corrected chi connectivity index (χ4v) is 1.33. The van der Waals surface area contributed by atoms with E-state index < -0.39 is 11.9 Å². The van der Waals surface area contributed by atoms with Crippen LogP contribution in [0.25, 0.3) is 0 Å². The highest BCUT2D eigenvalue weighted by Gasteiger charge is 2.20. The van der Waals surface area contributed by atoms with E-state index in [0.717, 1.165) is 12.2 Å². The van der Waals surface area contributed by atoms with Crippen molar-refractivity contribution in [1.29, 1.82) is 0 Å². The lowest BCUT2D eigenvalue weighted by molar-refractivity contribution is -0.133. The van der Waals surface area contributed by atoms with Gasteiger partial charge in [0.2, 0.25) is 5.75 Å². The van der Waals surface area contributed by atoms with Gasteiger partial charge in [-0.3, -0.25) is 0 Å². The van der Waals surface area contributed by atoms with Crippen LogP contribution in [0.1, 0.15) is 0 Å². The molecule has 1 aliphatic heterocycles. The van der Waals surface area contributed by atoms with E-state index in [2.05, 4.69) is 4.98 Å². The monoisotopic (exact) mass is 234 g/mol. The van der Waals surface area contributed by atoms with Gasteiger partial charge in [0.15, 0.2) is 11.6 Å². The van der Waals surface area contributed by atoms with Crippen LogP contribution in [-0.4, -0.2) is 31.0 Å². The number of rotatable bonds is 1. The number of carbonyl (C=O) groups is 2. The molecule has 1 aliphatic rings. The fourth-order valence-electron chi connectivity index (χ4n) is 1.33. The van der Waals surface area contributed by atoms with E-state index in [9.17, 15) is 9.59 Å². The number of pyridine rings is 1. The second-order valence-electron chi connectivity index (χ2n) is 3.53. The maximum atomic E-state index is 11.4. The van der Waals surface area contributed by atoms with Crippen molar-refractivity contribution in [1.82, 2.24) is 4.98 Å². The zero-order chi connectivity index (χ0) is 12.4. The van der Waals surface area contributed by atoms with Crippen LogP contribution in [0.3, 0.4) is 0 Å². The molecule has 2 rings (SSSR count). The molecular weight excluding hydrogens is 224 g/mol. The number of nitrogens with zero attached hydrogens (tertiary/aromatic N) is 2. The zero-order valence-corrected chi connectivity index (χ0v) is 9.34. The van der Waals surface area contributed by atoms with Gasteiger partial charge in [-0.2, -0.15) is 0 Å². The lowest BCUT2D eigenvalue weighted by atomic mass is 10.3. The Balaban J connectivity index is 2.53. The predicted octanol–water partition coefficient (Wildman–Crippen LogP) is 0.528. The van der Waals surface area contributed by atoms with Crippen LogP contribution in [0.15, 0.2) is 24.4 Å². The summed E-state index contributed by atoms with van der Waals surface area (Å²) in [5.74, 6) is -0.539. The average molecular weight is 234 g/mol. The molecule has 6 nitrogen and oxygen atoms in total. The molecule has 1 aromatic heterocycles. The van der Waals surface area contributed by atoms with Crippen LogP contribution in [0, 0.1) is 0 Å². The van der Waals surface area contributed by atoms with Crippen molar-refractivity contribution in [2.75, 3.05) is 19.0 Å². The highest BCUT2D eigenvalue weighted by Crippen LogP contribution is 2.35. The maximum absolute atomic E-state index is 11.4. The summed E-state index contributed by atoms with van der Waals surface area (Å²) in [6.45, 7) is 0. The molecule has 1 aromatic rings. The quantitative estimate of drug-likeness (QED) is 0.660. The third-order valence-electron chi connectivity index (χ3n) is 2.04. The van der Waals surface area contributed by atoms with Crippen molar-refractivity contribution >= 4 is 17.8 Å². The second-order valence-corrected chi connectivity index (χ2v) is 3.53. The molecule has 88 valence electrons. The summed E-state index contributed by atoms with van der Waals surface area (Å²) in [5.41, 5.74) is 0. The lowest BCUT2D eigenvalue weighted by Gasteiger charge is -2.18. The number of ether oxygens (including phenoxy) is 2. The molecule has 17 heavy (non-hydrogen) atoms. The van der Waals surface area contributed by atoms with Crippen LogP contribution in [-0.2, 0) is 9.59 Å². The predicted molar refractivity (Wildman–Crippen MR) is 59.0 cm³/mol. The van der Waals surface area contributed by atoms with Crippen LogP contribution in [0.2, 0.25) is 0 Å². The molecule has 0 unspecified atom stereocenters. The number of fused-ring (bicyclic) bond motifs is 1. The van der Waals surface area contributed by atoms with Gasteiger partial charge in [-0.15, -0.1) is 0 Å². The summed E-state index contributed by atoms with van der Waals surface area (Å²) in [6.07, 6.45) is 3.50. The molecule has 0 aromatic carbocycles. The third-order valence-corrected chi connectivity index (χ3v) is 2.04. The minimum atomic E-state index is -0.640. The molecule has 0 saturated heterocycles. The number of carbonyl (C=O) groups excluding carboxylic acids is 2. The largest absolute Gasteiger partial charge is 0.419 e. The Morgan fingerprint density at radius 2 is 1.76 bits per heavy atom. The molecule has 0 aliphatic carbocycles. The minimum Gasteiger partial charge on any atom is -0.419 e. The third kappa shape index (κ3) is 2.25. The average Bonchev–Trinajstić information content (AvgIpc) is 2.26. The smallest absolute Gasteiger partial charge is 0.336 e. The van der Waals surface area contributed by atoms with Gasteiger partial charge in [-0.25, -0.2) is 14.6 Å². The maximum Gasteiger partial charge on any atom is 0.336 e. The van der Waals surface area contributed by atoms with E-state index in [1.165, 1.54) is 12.3 Å². The summed E-state index contributed by atoms with van der Waals surface area (Å²) < 4.78 is 10.1. The lowest BCUT2D eigenvalue weighted by Crippen LogP contribution is -2.18. The summed E-state index contributed by atoms with van der Waals surface area (Å²) in [4.78, 5) is 28.3. The molecule has 2 heterocycles. The number of aromatic nitrogens is 1. The first kappa shape index (κ1) is 11.1. The number of anilines is 1. The SMILES string of the molecule is CN(C)c1nccc2c1OC(=O)/C=C\C(=O)O2. The van der Waals surface area contributed by atoms with Crippen molar-refractivity contribution in [2.45, 2.75) is 0 Å². The van der Waals surface area contributed by atoms with Crippen molar-refractivity contribution in [3.05, 3.63) is 24.4 Å². The highest BCUT2D eigenvalue weighted by atomic mass is 16.6. The van der Waals surface area contributed by atoms with E-state index in [-0.39, 0.29) is 11.5 Å². The first-order chi connectivity index (χ1) is 8.08. The highest BCUT2D eigenvalue weighted by molar-refractivity contribution is 5.95. The van der Waals surface area contributed by atoms with Gasteiger partial charge >= 0.3 is 11.9 Å². The summed E-state index contributed by atoms with van der Waals surface area (Å²) in [7, 11) is 3.49. The molecule has 0 N–H and O–H groups in total. The Kier molecular flexibility index (Phi) is 2.78. The Labute approximate surface area is 97.5 Å². The summed E-state index contributed by atoms with van der Waals surface area (Å²) in [5, 5.41) is 0. The number of hydrogen-bond donors (Lipinski definition) is 0. The van der Waals surface area contributed by atoms with Gasteiger partial charge in [-0.05, 0) is 0 Å². The van der Waals surface area contributed by atoms with Gasteiger partial charge in [0.1, 0.15) is 0 Å². The molecule has 6 heteroatoms. The van der Waals surface area contributed by atoms with E-state index >= 15 is 0 Å². The second kappa shape index (κ2) is 4.25. The topological polar surface area (TPSA) is 68.7 Å². The van der Waals surface area contributed by atoms with Crippen LogP contribution < -0.4 is 14.4 Å².